The molecule has 4 fully saturated rings. The fraction of sp³-hybridized carbons (Fsp3) is 0.700. The average Bonchev–Trinajstić information content (AvgIpc) is 3.32. The van der Waals surface area contributed by atoms with Crippen molar-refractivity contribution in [2.24, 2.45) is 23.2 Å². The van der Waals surface area contributed by atoms with Gasteiger partial charge in [-0.3, -0.25) is 4.79 Å². The molecule has 136 valence electrons. The van der Waals surface area contributed by atoms with Crippen molar-refractivity contribution in [2.45, 2.75) is 65.0 Å². The van der Waals surface area contributed by atoms with Gasteiger partial charge in [0.2, 0.25) is 0 Å². The van der Waals surface area contributed by atoms with E-state index in [-0.39, 0.29) is 59.5 Å². The Labute approximate surface area is 148 Å². The molecule has 2 saturated carbocycles. The van der Waals surface area contributed by atoms with Crippen LogP contribution in [-0.2, 0) is 23.8 Å². The molecule has 25 heavy (non-hydrogen) atoms. The molecule has 0 aromatic carbocycles. The highest BCUT2D eigenvalue weighted by molar-refractivity contribution is 5.87. The van der Waals surface area contributed by atoms with E-state index >= 15 is 0 Å². The molecule has 4 aliphatic rings. The minimum atomic E-state index is -0.328. The van der Waals surface area contributed by atoms with Gasteiger partial charge in [0.05, 0.1) is 5.92 Å². The van der Waals surface area contributed by atoms with Gasteiger partial charge in [0.1, 0.15) is 24.4 Å². The van der Waals surface area contributed by atoms with Crippen molar-refractivity contribution in [3.05, 3.63) is 23.8 Å². The molecule has 2 heterocycles. The van der Waals surface area contributed by atoms with E-state index < -0.39 is 0 Å². The molecule has 4 rings (SSSR count). The molecule has 5 heteroatoms. The van der Waals surface area contributed by atoms with Crippen LogP contribution >= 0.6 is 0 Å². The predicted octanol–water partition coefficient (Wildman–Crippen LogP) is 2.80. The summed E-state index contributed by atoms with van der Waals surface area (Å²) in [6.45, 7) is 11.9. The van der Waals surface area contributed by atoms with Crippen LogP contribution in [0.1, 0.15) is 40.5 Å². The van der Waals surface area contributed by atoms with Gasteiger partial charge in [-0.15, -0.1) is 0 Å². The van der Waals surface area contributed by atoms with Crippen LogP contribution in [0.5, 0.6) is 0 Å². The zero-order chi connectivity index (χ0) is 18.1. The van der Waals surface area contributed by atoms with E-state index in [2.05, 4.69) is 13.5 Å². The van der Waals surface area contributed by atoms with Crippen LogP contribution in [0.3, 0.4) is 0 Å². The Morgan fingerprint density at radius 3 is 2.80 bits per heavy atom. The van der Waals surface area contributed by atoms with Crippen molar-refractivity contribution < 1.29 is 23.8 Å². The van der Waals surface area contributed by atoms with Crippen molar-refractivity contribution in [1.29, 1.82) is 0 Å². The summed E-state index contributed by atoms with van der Waals surface area (Å²) in [5, 5.41) is 0. The molecule has 0 spiro atoms. The predicted molar refractivity (Wildman–Crippen MR) is 90.5 cm³/mol. The first-order valence-corrected chi connectivity index (χ1v) is 9.18. The first kappa shape index (κ1) is 16.8. The monoisotopic (exact) mass is 346 g/mol. The Bertz CT molecular complexity index is 680. The van der Waals surface area contributed by atoms with Gasteiger partial charge in [-0.2, -0.15) is 0 Å². The molecule has 0 N–H and O–H groups in total. The quantitative estimate of drug-likeness (QED) is 0.333. The molecule has 0 aromatic heterocycles. The van der Waals surface area contributed by atoms with Gasteiger partial charge in [-0.25, -0.2) is 4.79 Å². The summed E-state index contributed by atoms with van der Waals surface area (Å²) in [6.07, 6.45) is 2.81. The Morgan fingerprint density at radius 2 is 2.12 bits per heavy atom. The summed E-state index contributed by atoms with van der Waals surface area (Å²) in [5.74, 6) is -0.303. The second-order valence-corrected chi connectivity index (χ2v) is 8.27. The highest BCUT2D eigenvalue weighted by atomic mass is 16.6. The normalized spacial score (nSPS) is 48.2. The molecule has 2 saturated heterocycles. The Balaban J connectivity index is 1.67. The standard InChI is InChI=1S/C20H26O5/c1-6-9(2)18(21)25-17-16-14(23-16)11(4)13-15-12(7-8-20(13,17)5)10(3)19(22)24-15/h6,10,12-17H,4,7-8H2,1-3,5H3/b9-6-/t10-,12+,13-,14-,15+,16-,17+,20-/m1/s1. The Hall–Kier alpha value is -1.62. The van der Waals surface area contributed by atoms with Crippen LogP contribution in [0, 0.1) is 23.2 Å². The SMILES string of the molecule is C=C1[C@H]2O[C@H]2[C@H](OC(=O)/C(C)=C\C)[C@]2(C)CC[C@@H]3[C@H](OC(=O)[C@@H]3C)[C@@H]12. The van der Waals surface area contributed by atoms with Crippen molar-refractivity contribution in [3.63, 3.8) is 0 Å². The highest BCUT2D eigenvalue weighted by Crippen LogP contribution is 2.62. The number of epoxide rings is 1. The summed E-state index contributed by atoms with van der Waals surface area (Å²) in [7, 11) is 0. The van der Waals surface area contributed by atoms with Crippen LogP contribution in [-0.4, -0.2) is 36.4 Å². The fourth-order valence-corrected chi connectivity index (χ4v) is 5.21. The molecule has 0 bridgehead atoms. The number of rotatable bonds is 2. The summed E-state index contributed by atoms with van der Waals surface area (Å²) < 4.78 is 17.5. The summed E-state index contributed by atoms with van der Waals surface area (Å²) in [6, 6.07) is 0. The third kappa shape index (κ3) is 2.24. The van der Waals surface area contributed by atoms with Crippen molar-refractivity contribution in [1.82, 2.24) is 0 Å². The minimum absolute atomic E-state index is 0.0207. The van der Waals surface area contributed by atoms with Crippen molar-refractivity contribution >= 4 is 11.9 Å². The van der Waals surface area contributed by atoms with Crippen LogP contribution < -0.4 is 0 Å². The average molecular weight is 346 g/mol. The van der Waals surface area contributed by atoms with E-state index in [4.69, 9.17) is 14.2 Å². The molecule has 5 nitrogen and oxygen atoms in total. The smallest absolute Gasteiger partial charge is 0.333 e. The zero-order valence-corrected chi connectivity index (χ0v) is 15.3. The molecule has 0 radical (unpaired) electrons. The van der Waals surface area contributed by atoms with Crippen LogP contribution in [0.2, 0.25) is 0 Å². The number of carbonyl (C=O) groups excluding carboxylic acids is 2. The van der Waals surface area contributed by atoms with Gasteiger partial charge in [0.25, 0.3) is 0 Å². The molecular formula is C20H26O5. The number of esters is 2. The lowest BCUT2D eigenvalue weighted by atomic mass is 9.54. The third-order valence-electron chi connectivity index (χ3n) is 6.97. The fourth-order valence-electron chi connectivity index (χ4n) is 5.21. The van der Waals surface area contributed by atoms with Gasteiger partial charge < -0.3 is 14.2 Å². The van der Waals surface area contributed by atoms with E-state index in [0.717, 1.165) is 18.4 Å². The van der Waals surface area contributed by atoms with Gasteiger partial charge >= 0.3 is 11.9 Å². The molecule has 0 amide bonds. The van der Waals surface area contributed by atoms with Crippen molar-refractivity contribution in [2.75, 3.05) is 0 Å². The first-order valence-electron chi connectivity index (χ1n) is 9.18. The van der Waals surface area contributed by atoms with Crippen LogP contribution in [0.4, 0.5) is 0 Å². The summed E-state index contributed by atoms with van der Waals surface area (Å²) in [5.41, 5.74) is 1.28. The summed E-state index contributed by atoms with van der Waals surface area (Å²) in [4.78, 5) is 24.5. The zero-order valence-electron chi connectivity index (χ0n) is 15.3. The van der Waals surface area contributed by atoms with E-state index in [1.165, 1.54) is 0 Å². The molecule has 0 aromatic rings. The first-order chi connectivity index (χ1) is 11.8. The van der Waals surface area contributed by atoms with Gasteiger partial charge in [-0.05, 0) is 32.3 Å². The van der Waals surface area contributed by atoms with E-state index in [9.17, 15) is 9.59 Å². The number of hydrogen-bond acceptors (Lipinski definition) is 5. The maximum Gasteiger partial charge on any atom is 0.333 e. The van der Waals surface area contributed by atoms with Gasteiger partial charge in [-0.1, -0.05) is 26.5 Å². The number of allylic oxidation sites excluding steroid dienone is 1. The maximum atomic E-state index is 12.4. The number of ether oxygens (including phenoxy) is 3. The molecule has 0 unspecified atom stereocenters. The Kier molecular flexibility index (Phi) is 3.66. The largest absolute Gasteiger partial charge is 0.461 e. The van der Waals surface area contributed by atoms with E-state index in [1.807, 2.05) is 13.8 Å². The number of fused-ring (bicyclic) bond motifs is 4. The maximum absolute atomic E-state index is 12.4. The van der Waals surface area contributed by atoms with Gasteiger partial charge in [0, 0.05) is 22.8 Å². The minimum Gasteiger partial charge on any atom is -0.461 e. The second kappa shape index (κ2) is 5.44. The second-order valence-electron chi connectivity index (χ2n) is 8.27. The lowest BCUT2D eigenvalue weighted by molar-refractivity contribution is -0.168. The van der Waals surface area contributed by atoms with Crippen molar-refractivity contribution in [3.8, 4) is 0 Å². The van der Waals surface area contributed by atoms with Crippen LogP contribution in [0.15, 0.2) is 23.8 Å². The molecule has 2 aliphatic heterocycles. The van der Waals surface area contributed by atoms with E-state index in [0.29, 0.717) is 5.57 Å². The molecular weight excluding hydrogens is 320 g/mol. The number of carbonyl (C=O) groups is 2. The summed E-state index contributed by atoms with van der Waals surface area (Å²) >= 11 is 0. The highest BCUT2D eigenvalue weighted by Gasteiger charge is 2.69. The topological polar surface area (TPSA) is 65.1 Å². The third-order valence-corrected chi connectivity index (χ3v) is 6.97. The molecule has 2 aliphatic carbocycles. The number of hydrogen-bond donors (Lipinski definition) is 0. The Morgan fingerprint density at radius 1 is 1.40 bits per heavy atom. The van der Waals surface area contributed by atoms with Crippen LogP contribution in [0.25, 0.3) is 0 Å². The lowest BCUT2D eigenvalue weighted by Gasteiger charge is -2.52. The lowest BCUT2D eigenvalue weighted by Crippen LogP contribution is -2.57. The molecule has 8 atom stereocenters. The van der Waals surface area contributed by atoms with Gasteiger partial charge in [0.15, 0.2) is 0 Å². The van der Waals surface area contributed by atoms with E-state index in [1.54, 1.807) is 13.0 Å².